The quantitative estimate of drug-likeness (QED) is 0.243. The monoisotopic (exact) mass is 342 g/mol. The maximum Gasteiger partial charge on any atom is 0.187 e. The molecule has 10 atom stereocenters. The van der Waals surface area contributed by atoms with Crippen LogP contribution in [-0.2, 0) is 14.2 Å². The third-order valence-electron chi connectivity index (χ3n) is 3.98. The fourth-order valence-corrected chi connectivity index (χ4v) is 2.57. The third-order valence-corrected chi connectivity index (χ3v) is 3.98. The Balaban J connectivity index is 2.11. The van der Waals surface area contributed by atoms with Crippen molar-refractivity contribution in [1.82, 2.24) is 0 Å². The van der Waals surface area contributed by atoms with Crippen LogP contribution in [0.5, 0.6) is 0 Å². The van der Waals surface area contributed by atoms with E-state index in [2.05, 4.69) is 0 Å². The van der Waals surface area contributed by atoms with Crippen molar-refractivity contribution in [1.29, 1.82) is 0 Å². The van der Waals surface area contributed by atoms with Gasteiger partial charge in [0.1, 0.15) is 48.8 Å². The predicted octanol–water partition coefficient (Wildman–Crippen LogP) is -5.40. The van der Waals surface area contributed by atoms with Gasteiger partial charge in [-0.05, 0) is 0 Å². The lowest BCUT2D eigenvalue weighted by molar-refractivity contribution is -0.355. The minimum atomic E-state index is -1.74. The van der Waals surface area contributed by atoms with E-state index in [1.807, 2.05) is 0 Å². The van der Waals surface area contributed by atoms with Gasteiger partial charge in [-0.1, -0.05) is 0 Å². The maximum atomic E-state index is 9.94. The van der Waals surface area contributed by atoms with Crippen LogP contribution < -0.4 is 0 Å². The topological polar surface area (TPSA) is 190 Å². The zero-order valence-corrected chi connectivity index (χ0v) is 12.0. The number of aliphatic hydroxyl groups is 8. The van der Waals surface area contributed by atoms with E-state index in [0.717, 1.165) is 0 Å². The Labute approximate surface area is 130 Å². The van der Waals surface area contributed by atoms with Gasteiger partial charge in [0.15, 0.2) is 12.6 Å². The van der Waals surface area contributed by atoms with Crippen LogP contribution in [0, 0.1) is 0 Å². The molecule has 2 heterocycles. The molecule has 23 heavy (non-hydrogen) atoms. The summed E-state index contributed by atoms with van der Waals surface area (Å²) in [4.78, 5) is 0. The lowest BCUT2D eigenvalue weighted by Crippen LogP contribution is -2.64. The molecule has 0 aromatic rings. The van der Waals surface area contributed by atoms with Crippen molar-refractivity contribution >= 4 is 0 Å². The minimum Gasteiger partial charge on any atom is -0.394 e. The van der Waals surface area contributed by atoms with Crippen LogP contribution in [-0.4, -0.2) is 115 Å². The largest absolute Gasteiger partial charge is 0.394 e. The van der Waals surface area contributed by atoms with E-state index in [9.17, 15) is 35.7 Å². The van der Waals surface area contributed by atoms with Gasteiger partial charge in [0.25, 0.3) is 0 Å². The highest BCUT2D eigenvalue weighted by Crippen LogP contribution is 2.28. The van der Waals surface area contributed by atoms with Gasteiger partial charge in [0, 0.05) is 0 Å². The number of aliphatic hydroxyl groups excluding tert-OH is 8. The number of rotatable bonds is 4. The van der Waals surface area contributed by atoms with E-state index < -0.39 is 74.6 Å². The lowest BCUT2D eigenvalue weighted by atomic mass is 9.97. The van der Waals surface area contributed by atoms with Crippen LogP contribution in [0.15, 0.2) is 0 Å². The molecule has 2 aliphatic heterocycles. The first-order valence-corrected chi connectivity index (χ1v) is 7.08. The molecule has 0 radical (unpaired) electrons. The molecule has 0 amide bonds. The molecule has 136 valence electrons. The fourth-order valence-electron chi connectivity index (χ4n) is 2.57. The molecule has 11 nitrogen and oxygen atoms in total. The Morgan fingerprint density at radius 3 is 1.83 bits per heavy atom. The number of hydrogen-bond acceptors (Lipinski definition) is 11. The standard InChI is InChI=1S/C12H22O11/c13-1-3-5(15)6(16)9(19)12(22-3)23-10-4(2-14)21-11(20)8(18)7(10)17/h3-20H,1-2H2/t3?,4?,5-,6-,7+,8?,9?,10-,11?,12+/m1/s1. The number of ether oxygens (including phenoxy) is 3. The second-order valence-electron chi connectivity index (χ2n) is 5.53. The van der Waals surface area contributed by atoms with Crippen LogP contribution in [0.1, 0.15) is 0 Å². The molecule has 0 spiro atoms. The molecule has 2 aliphatic rings. The normalized spacial score (nSPS) is 51.7. The molecule has 2 rings (SSSR count). The fraction of sp³-hybridized carbons (Fsp3) is 1.00. The highest BCUT2D eigenvalue weighted by atomic mass is 16.7. The molecule has 2 fully saturated rings. The minimum absolute atomic E-state index is 0.667. The van der Waals surface area contributed by atoms with Crippen LogP contribution in [0.4, 0.5) is 0 Å². The second-order valence-corrected chi connectivity index (χ2v) is 5.53. The molecule has 2 saturated heterocycles. The first-order valence-electron chi connectivity index (χ1n) is 7.08. The van der Waals surface area contributed by atoms with Crippen LogP contribution in [0.2, 0.25) is 0 Å². The van der Waals surface area contributed by atoms with Gasteiger partial charge in [-0.3, -0.25) is 0 Å². The van der Waals surface area contributed by atoms with Gasteiger partial charge in [-0.2, -0.15) is 0 Å². The molecule has 11 heteroatoms. The van der Waals surface area contributed by atoms with E-state index in [-0.39, 0.29) is 0 Å². The smallest absolute Gasteiger partial charge is 0.187 e. The van der Waals surface area contributed by atoms with E-state index >= 15 is 0 Å². The SMILES string of the molecule is OCC1O[C@@H](O[C@@H]2C(CO)OC(O)C(O)[C@@H]2O)C(O)[C@H](O)[C@@H]1O. The summed E-state index contributed by atoms with van der Waals surface area (Å²) < 4.78 is 15.3. The Bertz CT molecular complexity index is 378. The lowest BCUT2D eigenvalue weighted by Gasteiger charge is -2.45. The predicted molar refractivity (Wildman–Crippen MR) is 68.6 cm³/mol. The van der Waals surface area contributed by atoms with Gasteiger partial charge in [0.2, 0.25) is 0 Å². The van der Waals surface area contributed by atoms with Crippen LogP contribution >= 0.6 is 0 Å². The average Bonchev–Trinajstić information content (AvgIpc) is 2.55. The van der Waals surface area contributed by atoms with E-state index in [4.69, 9.17) is 19.3 Å². The van der Waals surface area contributed by atoms with Crippen molar-refractivity contribution in [3.63, 3.8) is 0 Å². The van der Waals surface area contributed by atoms with Crippen molar-refractivity contribution in [2.75, 3.05) is 13.2 Å². The summed E-state index contributed by atoms with van der Waals surface area (Å²) in [6, 6.07) is 0. The Morgan fingerprint density at radius 1 is 0.652 bits per heavy atom. The summed E-state index contributed by atoms with van der Waals surface area (Å²) in [6.07, 6.45) is -15.6. The van der Waals surface area contributed by atoms with Gasteiger partial charge >= 0.3 is 0 Å². The molecular weight excluding hydrogens is 320 g/mol. The third kappa shape index (κ3) is 3.65. The van der Waals surface area contributed by atoms with Gasteiger partial charge in [0.05, 0.1) is 13.2 Å². The first-order chi connectivity index (χ1) is 10.8. The molecular formula is C12H22O11. The molecule has 0 bridgehead atoms. The van der Waals surface area contributed by atoms with Gasteiger partial charge in [-0.15, -0.1) is 0 Å². The summed E-state index contributed by atoms with van der Waals surface area (Å²) in [7, 11) is 0. The van der Waals surface area contributed by atoms with E-state index in [1.165, 1.54) is 0 Å². The van der Waals surface area contributed by atoms with E-state index in [1.54, 1.807) is 0 Å². The Hall–Kier alpha value is -0.440. The highest BCUT2D eigenvalue weighted by Gasteiger charge is 2.50. The van der Waals surface area contributed by atoms with Crippen LogP contribution in [0.25, 0.3) is 0 Å². The summed E-state index contributed by atoms with van der Waals surface area (Å²) in [5, 5.41) is 76.5. The van der Waals surface area contributed by atoms with Crippen molar-refractivity contribution in [3.05, 3.63) is 0 Å². The maximum absolute atomic E-state index is 9.94. The second kappa shape index (κ2) is 7.63. The van der Waals surface area contributed by atoms with Crippen molar-refractivity contribution in [2.45, 2.75) is 61.4 Å². The van der Waals surface area contributed by atoms with Crippen LogP contribution in [0.3, 0.4) is 0 Å². The van der Waals surface area contributed by atoms with Crippen molar-refractivity contribution in [2.24, 2.45) is 0 Å². The molecule has 0 saturated carbocycles. The summed E-state index contributed by atoms with van der Waals surface area (Å²) in [6.45, 7) is -1.35. The van der Waals surface area contributed by atoms with E-state index in [0.29, 0.717) is 0 Å². The molecule has 0 aliphatic carbocycles. The number of hydrogen-bond donors (Lipinski definition) is 8. The summed E-state index contributed by atoms with van der Waals surface area (Å²) in [5.74, 6) is 0. The Kier molecular flexibility index (Phi) is 6.27. The molecule has 0 aromatic carbocycles. The molecule has 5 unspecified atom stereocenters. The zero-order chi connectivity index (χ0) is 17.3. The van der Waals surface area contributed by atoms with Crippen molar-refractivity contribution < 1.29 is 55.1 Å². The average molecular weight is 342 g/mol. The summed E-state index contributed by atoms with van der Waals surface area (Å²) >= 11 is 0. The van der Waals surface area contributed by atoms with Gasteiger partial charge < -0.3 is 55.1 Å². The summed E-state index contributed by atoms with van der Waals surface area (Å²) in [5.41, 5.74) is 0. The first kappa shape index (κ1) is 18.9. The highest BCUT2D eigenvalue weighted by molar-refractivity contribution is 4.93. The van der Waals surface area contributed by atoms with Crippen molar-refractivity contribution in [3.8, 4) is 0 Å². The van der Waals surface area contributed by atoms with Gasteiger partial charge in [-0.25, -0.2) is 0 Å². The zero-order valence-electron chi connectivity index (χ0n) is 12.0. The molecule has 0 aromatic heterocycles. The molecule has 8 N–H and O–H groups in total. The Morgan fingerprint density at radius 2 is 1.26 bits per heavy atom.